The van der Waals surface area contributed by atoms with E-state index in [0.717, 1.165) is 36.9 Å². The monoisotopic (exact) mass is 381 g/mol. The van der Waals surface area contributed by atoms with Crippen LogP contribution in [0.25, 0.3) is 0 Å². The van der Waals surface area contributed by atoms with Crippen LogP contribution in [0.5, 0.6) is 0 Å². The molecule has 2 rings (SSSR count). The number of nitrogens with two attached hydrogens (primary N) is 1. The SMILES string of the molecule is CC(C)CC(=O)Nc1cccc(CNC(=O)C2CCCCC2(C)N)c1.Cl. The zero-order valence-electron chi connectivity index (χ0n) is 16.0. The fraction of sp³-hybridized carbons (Fsp3) is 0.600. The Bertz CT molecular complexity index is 617. The fourth-order valence-electron chi connectivity index (χ4n) is 3.44. The second kappa shape index (κ2) is 9.93. The Balaban J connectivity index is 0.00000338. The van der Waals surface area contributed by atoms with Gasteiger partial charge in [0.15, 0.2) is 0 Å². The predicted octanol–water partition coefficient (Wildman–Crippen LogP) is 3.62. The van der Waals surface area contributed by atoms with E-state index in [4.69, 9.17) is 5.73 Å². The number of rotatable bonds is 6. The molecule has 5 nitrogen and oxygen atoms in total. The summed E-state index contributed by atoms with van der Waals surface area (Å²) >= 11 is 0. The lowest BCUT2D eigenvalue weighted by Gasteiger charge is -2.37. The van der Waals surface area contributed by atoms with Crippen LogP contribution in [-0.4, -0.2) is 17.4 Å². The number of benzene rings is 1. The van der Waals surface area contributed by atoms with Crippen molar-refractivity contribution in [3.05, 3.63) is 29.8 Å². The smallest absolute Gasteiger partial charge is 0.225 e. The van der Waals surface area contributed by atoms with Crippen LogP contribution in [0.3, 0.4) is 0 Å². The van der Waals surface area contributed by atoms with E-state index >= 15 is 0 Å². The number of halogens is 1. The van der Waals surface area contributed by atoms with Gasteiger partial charge in [-0.2, -0.15) is 0 Å². The first-order valence-electron chi connectivity index (χ1n) is 9.23. The summed E-state index contributed by atoms with van der Waals surface area (Å²) in [6.07, 6.45) is 4.39. The summed E-state index contributed by atoms with van der Waals surface area (Å²) < 4.78 is 0. The molecule has 26 heavy (non-hydrogen) atoms. The van der Waals surface area contributed by atoms with Gasteiger partial charge in [0.2, 0.25) is 11.8 Å². The number of hydrogen-bond donors (Lipinski definition) is 3. The maximum absolute atomic E-state index is 12.5. The summed E-state index contributed by atoms with van der Waals surface area (Å²) in [7, 11) is 0. The molecule has 1 aliphatic carbocycles. The molecule has 0 saturated heterocycles. The first kappa shape index (κ1) is 22.5. The molecule has 146 valence electrons. The molecule has 1 aromatic rings. The number of amides is 2. The van der Waals surface area contributed by atoms with Crippen molar-refractivity contribution in [3.63, 3.8) is 0 Å². The van der Waals surface area contributed by atoms with Crippen LogP contribution < -0.4 is 16.4 Å². The lowest BCUT2D eigenvalue weighted by molar-refractivity contribution is -0.128. The number of anilines is 1. The third kappa shape index (κ3) is 6.61. The van der Waals surface area contributed by atoms with Gasteiger partial charge >= 0.3 is 0 Å². The summed E-state index contributed by atoms with van der Waals surface area (Å²) in [5.41, 5.74) is 7.61. The van der Waals surface area contributed by atoms with Gasteiger partial charge in [-0.05, 0) is 43.4 Å². The molecular formula is C20H32ClN3O2. The van der Waals surface area contributed by atoms with Gasteiger partial charge in [-0.3, -0.25) is 9.59 Å². The zero-order chi connectivity index (χ0) is 18.4. The van der Waals surface area contributed by atoms with Crippen molar-refractivity contribution in [2.45, 2.75) is 65.0 Å². The molecular weight excluding hydrogens is 350 g/mol. The molecule has 4 N–H and O–H groups in total. The molecule has 1 saturated carbocycles. The van der Waals surface area contributed by atoms with E-state index in [0.29, 0.717) is 18.9 Å². The van der Waals surface area contributed by atoms with Gasteiger partial charge in [0, 0.05) is 24.2 Å². The van der Waals surface area contributed by atoms with E-state index in [9.17, 15) is 9.59 Å². The highest BCUT2D eigenvalue weighted by molar-refractivity contribution is 5.90. The highest BCUT2D eigenvalue weighted by atomic mass is 35.5. The predicted molar refractivity (Wildman–Crippen MR) is 108 cm³/mol. The third-order valence-corrected chi connectivity index (χ3v) is 4.84. The van der Waals surface area contributed by atoms with Crippen LogP contribution in [0, 0.1) is 11.8 Å². The fourth-order valence-corrected chi connectivity index (χ4v) is 3.44. The molecule has 2 atom stereocenters. The lowest BCUT2D eigenvalue weighted by atomic mass is 9.74. The largest absolute Gasteiger partial charge is 0.352 e. The van der Waals surface area contributed by atoms with Gasteiger partial charge in [-0.15, -0.1) is 12.4 Å². The van der Waals surface area contributed by atoms with Crippen LogP contribution in [0.4, 0.5) is 5.69 Å². The summed E-state index contributed by atoms with van der Waals surface area (Å²) in [5.74, 6) is 0.231. The Hall–Kier alpha value is -1.59. The van der Waals surface area contributed by atoms with Crippen molar-refractivity contribution < 1.29 is 9.59 Å². The minimum atomic E-state index is -0.422. The van der Waals surface area contributed by atoms with Crippen LogP contribution in [0.15, 0.2) is 24.3 Å². The maximum Gasteiger partial charge on any atom is 0.225 e. The van der Waals surface area contributed by atoms with Gasteiger partial charge in [0.1, 0.15) is 0 Å². The van der Waals surface area contributed by atoms with Crippen LogP contribution >= 0.6 is 12.4 Å². The number of carbonyl (C=O) groups is 2. The zero-order valence-corrected chi connectivity index (χ0v) is 16.8. The molecule has 1 aliphatic rings. The molecule has 6 heteroatoms. The second-order valence-electron chi connectivity index (χ2n) is 7.87. The Morgan fingerprint density at radius 3 is 2.69 bits per heavy atom. The van der Waals surface area contributed by atoms with Crippen molar-refractivity contribution in [1.82, 2.24) is 5.32 Å². The minimum absolute atomic E-state index is 0. The average Bonchev–Trinajstić information content (AvgIpc) is 2.51. The Morgan fingerprint density at radius 2 is 2.04 bits per heavy atom. The molecule has 2 amide bonds. The van der Waals surface area contributed by atoms with E-state index in [1.165, 1.54) is 0 Å². The highest BCUT2D eigenvalue weighted by Crippen LogP contribution is 2.31. The van der Waals surface area contributed by atoms with E-state index in [-0.39, 0.29) is 30.1 Å². The van der Waals surface area contributed by atoms with Crippen molar-refractivity contribution in [3.8, 4) is 0 Å². The van der Waals surface area contributed by atoms with Crippen LogP contribution in [0.2, 0.25) is 0 Å². The first-order chi connectivity index (χ1) is 11.8. The van der Waals surface area contributed by atoms with Gasteiger partial charge in [0.05, 0.1) is 5.92 Å². The minimum Gasteiger partial charge on any atom is -0.352 e. The van der Waals surface area contributed by atoms with Crippen molar-refractivity contribution >= 4 is 29.9 Å². The van der Waals surface area contributed by atoms with Gasteiger partial charge < -0.3 is 16.4 Å². The molecule has 2 unspecified atom stereocenters. The summed E-state index contributed by atoms with van der Waals surface area (Å²) in [5, 5.41) is 5.91. The average molecular weight is 382 g/mol. The van der Waals surface area contributed by atoms with Gasteiger partial charge in [0.25, 0.3) is 0 Å². The van der Waals surface area contributed by atoms with Crippen molar-refractivity contribution in [1.29, 1.82) is 0 Å². The highest BCUT2D eigenvalue weighted by Gasteiger charge is 2.37. The van der Waals surface area contributed by atoms with Crippen molar-refractivity contribution in [2.24, 2.45) is 17.6 Å². The molecule has 0 bridgehead atoms. The summed E-state index contributed by atoms with van der Waals surface area (Å²) in [6, 6.07) is 7.60. The number of nitrogens with one attached hydrogen (secondary N) is 2. The molecule has 1 aromatic carbocycles. The van der Waals surface area contributed by atoms with Crippen LogP contribution in [0.1, 0.15) is 58.4 Å². The third-order valence-electron chi connectivity index (χ3n) is 4.84. The Labute approximate surface area is 162 Å². The normalized spacial score (nSPS) is 22.4. The molecule has 0 aromatic heterocycles. The molecule has 0 aliphatic heterocycles. The Morgan fingerprint density at radius 1 is 1.31 bits per heavy atom. The van der Waals surface area contributed by atoms with Crippen LogP contribution in [-0.2, 0) is 16.1 Å². The maximum atomic E-state index is 12.5. The standard InChI is InChI=1S/C20H31N3O2.ClH/c1-14(2)11-18(24)23-16-8-6-7-15(12-16)13-22-19(25)17-9-4-5-10-20(17,3)21;/h6-8,12,14,17H,4-5,9-11,13,21H2,1-3H3,(H,22,25)(H,23,24);1H. The first-order valence-corrected chi connectivity index (χ1v) is 9.23. The van der Waals surface area contributed by atoms with E-state index in [1.54, 1.807) is 0 Å². The molecule has 0 heterocycles. The van der Waals surface area contributed by atoms with Crippen molar-refractivity contribution in [2.75, 3.05) is 5.32 Å². The van der Waals surface area contributed by atoms with E-state index in [2.05, 4.69) is 10.6 Å². The molecule has 0 radical (unpaired) electrons. The second-order valence-corrected chi connectivity index (χ2v) is 7.87. The van der Waals surface area contributed by atoms with E-state index < -0.39 is 5.54 Å². The number of hydrogen-bond acceptors (Lipinski definition) is 3. The Kier molecular flexibility index (Phi) is 8.57. The summed E-state index contributed by atoms with van der Waals surface area (Å²) in [6.45, 7) is 6.45. The quantitative estimate of drug-likeness (QED) is 0.703. The van der Waals surface area contributed by atoms with E-state index in [1.807, 2.05) is 45.0 Å². The molecule has 1 fully saturated rings. The molecule has 0 spiro atoms. The topological polar surface area (TPSA) is 84.2 Å². The van der Waals surface area contributed by atoms with Gasteiger partial charge in [-0.25, -0.2) is 0 Å². The summed E-state index contributed by atoms with van der Waals surface area (Å²) in [4.78, 5) is 24.4. The van der Waals surface area contributed by atoms with Gasteiger partial charge in [-0.1, -0.05) is 38.8 Å². The lowest BCUT2D eigenvalue weighted by Crippen LogP contribution is -2.52. The number of carbonyl (C=O) groups excluding carboxylic acids is 2.